The van der Waals surface area contributed by atoms with Crippen molar-refractivity contribution < 1.29 is 31.8 Å². The maximum Gasteiger partial charge on any atom is 0.200 e. The molecule has 3 nitrogen and oxygen atoms in total. The first-order valence-corrected chi connectivity index (χ1v) is 5.87. The highest BCUT2D eigenvalue weighted by atomic mass is 19.2. The molecule has 1 fully saturated rings. The van der Waals surface area contributed by atoms with Crippen molar-refractivity contribution in [2.45, 2.75) is 25.0 Å². The molecule has 2 atom stereocenters. The summed E-state index contributed by atoms with van der Waals surface area (Å²) in [5.74, 6) is -10.2. The molecule has 0 amide bonds. The number of benzene rings is 1. The lowest BCUT2D eigenvalue weighted by molar-refractivity contribution is -0.0176. The first-order valence-electron chi connectivity index (χ1n) is 5.87. The second kappa shape index (κ2) is 5.17. The van der Waals surface area contributed by atoms with Crippen molar-refractivity contribution in [3.05, 3.63) is 29.1 Å². The van der Waals surface area contributed by atoms with Crippen LogP contribution in [0.25, 0.3) is 0 Å². The van der Waals surface area contributed by atoms with E-state index < -0.39 is 53.0 Å². The Balaban J connectivity index is 2.26. The summed E-state index contributed by atoms with van der Waals surface area (Å²) in [7, 11) is 0. The molecule has 0 saturated carbocycles. The van der Waals surface area contributed by atoms with Gasteiger partial charge < -0.3 is 15.2 Å². The lowest BCUT2D eigenvalue weighted by atomic mass is 9.96. The van der Waals surface area contributed by atoms with Crippen LogP contribution in [0.4, 0.5) is 27.6 Å². The van der Waals surface area contributed by atoms with Gasteiger partial charge in [0.2, 0.25) is 5.82 Å². The van der Waals surface area contributed by atoms with Crippen LogP contribution in [0.3, 0.4) is 0 Å². The van der Waals surface area contributed by atoms with E-state index in [1.807, 2.05) is 0 Å². The number of ether oxygens (including phenoxy) is 1. The molecular formula is C12H12F5NO2. The van der Waals surface area contributed by atoms with Crippen LogP contribution in [-0.4, -0.2) is 30.0 Å². The highest BCUT2D eigenvalue weighted by Gasteiger charge is 2.40. The van der Waals surface area contributed by atoms with Crippen LogP contribution >= 0.6 is 0 Å². The fourth-order valence-corrected chi connectivity index (χ4v) is 2.00. The number of halogens is 5. The van der Waals surface area contributed by atoms with Crippen LogP contribution in [0.15, 0.2) is 0 Å². The first kappa shape index (κ1) is 15.0. The summed E-state index contributed by atoms with van der Waals surface area (Å²) in [6.07, 6.45) is -0.424. The maximum atomic E-state index is 13.4. The summed E-state index contributed by atoms with van der Waals surface area (Å²) in [4.78, 5) is 0. The minimum Gasteiger partial charge on any atom is -0.385 e. The average Bonchev–Trinajstić information content (AvgIpc) is 2.74. The largest absolute Gasteiger partial charge is 0.385 e. The van der Waals surface area contributed by atoms with E-state index in [1.54, 1.807) is 6.92 Å². The van der Waals surface area contributed by atoms with E-state index in [1.165, 1.54) is 0 Å². The zero-order chi connectivity index (χ0) is 15.1. The Labute approximate surface area is 111 Å². The predicted molar refractivity (Wildman–Crippen MR) is 59.7 cm³/mol. The summed E-state index contributed by atoms with van der Waals surface area (Å²) < 4.78 is 70.7. The van der Waals surface area contributed by atoms with Gasteiger partial charge in [0.15, 0.2) is 23.3 Å². The molecule has 2 rings (SSSR count). The van der Waals surface area contributed by atoms with E-state index in [0.717, 1.165) is 0 Å². The van der Waals surface area contributed by atoms with Gasteiger partial charge in [-0.3, -0.25) is 0 Å². The van der Waals surface area contributed by atoms with Crippen molar-refractivity contribution in [3.8, 4) is 0 Å². The average molecular weight is 297 g/mol. The van der Waals surface area contributed by atoms with Crippen LogP contribution in [0.5, 0.6) is 0 Å². The Bertz CT molecular complexity index is 510. The van der Waals surface area contributed by atoms with E-state index in [2.05, 4.69) is 5.32 Å². The summed E-state index contributed by atoms with van der Waals surface area (Å²) in [5, 5.41) is 12.2. The van der Waals surface area contributed by atoms with Gasteiger partial charge in [-0.15, -0.1) is 0 Å². The molecule has 0 spiro atoms. The number of anilines is 1. The van der Waals surface area contributed by atoms with E-state index in [-0.39, 0.29) is 13.0 Å². The lowest BCUT2D eigenvalue weighted by Crippen LogP contribution is -2.43. The molecule has 1 aliphatic heterocycles. The summed E-state index contributed by atoms with van der Waals surface area (Å²) >= 11 is 0. The van der Waals surface area contributed by atoms with E-state index >= 15 is 0 Å². The molecule has 0 aliphatic carbocycles. The van der Waals surface area contributed by atoms with Gasteiger partial charge in [0, 0.05) is 19.6 Å². The minimum absolute atomic E-state index is 0.191. The number of hydrogen-bond acceptors (Lipinski definition) is 3. The Morgan fingerprint density at radius 3 is 2.05 bits per heavy atom. The maximum absolute atomic E-state index is 13.4. The van der Waals surface area contributed by atoms with Gasteiger partial charge in [0.05, 0.1) is 6.10 Å². The SMILES string of the molecule is CC1OCCC1(O)CNc1c(F)c(F)c(F)c(F)c1F. The second-order valence-electron chi connectivity index (χ2n) is 4.67. The number of rotatable bonds is 3. The monoisotopic (exact) mass is 297 g/mol. The van der Waals surface area contributed by atoms with E-state index in [9.17, 15) is 27.1 Å². The van der Waals surface area contributed by atoms with E-state index in [4.69, 9.17) is 4.74 Å². The van der Waals surface area contributed by atoms with Crippen molar-refractivity contribution in [2.24, 2.45) is 0 Å². The van der Waals surface area contributed by atoms with Gasteiger partial charge >= 0.3 is 0 Å². The van der Waals surface area contributed by atoms with Crippen LogP contribution in [0.1, 0.15) is 13.3 Å². The van der Waals surface area contributed by atoms with Gasteiger partial charge in [0.25, 0.3) is 0 Å². The summed E-state index contributed by atoms with van der Waals surface area (Å²) in [6.45, 7) is 1.40. The summed E-state index contributed by atoms with van der Waals surface area (Å²) in [5.41, 5.74) is -2.59. The highest BCUT2D eigenvalue weighted by Crippen LogP contribution is 2.30. The van der Waals surface area contributed by atoms with Crippen LogP contribution in [-0.2, 0) is 4.74 Å². The summed E-state index contributed by atoms with van der Waals surface area (Å²) in [6, 6.07) is 0. The Kier molecular flexibility index (Phi) is 3.88. The van der Waals surface area contributed by atoms with Gasteiger partial charge in [-0.25, -0.2) is 22.0 Å². The lowest BCUT2D eigenvalue weighted by Gasteiger charge is -2.27. The van der Waals surface area contributed by atoms with Gasteiger partial charge in [-0.1, -0.05) is 0 Å². The molecule has 1 heterocycles. The molecule has 1 aromatic rings. The predicted octanol–water partition coefficient (Wildman–Crippen LogP) is 2.33. The van der Waals surface area contributed by atoms with Gasteiger partial charge in [-0.2, -0.15) is 0 Å². The molecule has 0 bridgehead atoms. The Morgan fingerprint density at radius 1 is 1.10 bits per heavy atom. The third-order valence-electron chi connectivity index (χ3n) is 3.44. The Morgan fingerprint density at radius 2 is 1.60 bits per heavy atom. The minimum atomic E-state index is -2.22. The third-order valence-corrected chi connectivity index (χ3v) is 3.44. The molecule has 0 radical (unpaired) electrons. The molecule has 1 saturated heterocycles. The fraction of sp³-hybridized carbons (Fsp3) is 0.500. The zero-order valence-electron chi connectivity index (χ0n) is 10.4. The molecule has 2 N–H and O–H groups in total. The van der Waals surface area contributed by atoms with E-state index in [0.29, 0.717) is 0 Å². The molecule has 0 aromatic heterocycles. The quantitative estimate of drug-likeness (QED) is 0.511. The van der Waals surface area contributed by atoms with Crippen molar-refractivity contribution >= 4 is 5.69 Å². The molecule has 20 heavy (non-hydrogen) atoms. The normalized spacial score (nSPS) is 26.1. The topological polar surface area (TPSA) is 41.5 Å². The molecule has 1 aliphatic rings. The fourth-order valence-electron chi connectivity index (χ4n) is 2.00. The van der Waals surface area contributed by atoms with Crippen LogP contribution in [0, 0.1) is 29.1 Å². The van der Waals surface area contributed by atoms with Crippen molar-refractivity contribution in [1.29, 1.82) is 0 Å². The number of hydrogen-bond donors (Lipinski definition) is 2. The van der Waals surface area contributed by atoms with Gasteiger partial charge in [0.1, 0.15) is 11.3 Å². The molecule has 2 unspecified atom stereocenters. The molecular weight excluding hydrogens is 285 g/mol. The van der Waals surface area contributed by atoms with Crippen molar-refractivity contribution in [1.82, 2.24) is 0 Å². The molecule has 112 valence electrons. The number of aliphatic hydroxyl groups is 1. The van der Waals surface area contributed by atoms with Crippen LogP contribution in [0.2, 0.25) is 0 Å². The third kappa shape index (κ3) is 2.33. The van der Waals surface area contributed by atoms with Crippen molar-refractivity contribution in [2.75, 3.05) is 18.5 Å². The highest BCUT2D eigenvalue weighted by molar-refractivity contribution is 5.48. The molecule has 8 heteroatoms. The van der Waals surface area contributed by atoms with Crippen molar-refractivity contribution in [3.63, 3.8) is 0 Å². The van der Waals surface area contributed by atoms with Gasteiger partial charge in [-0.05, 0) is 6.92 Å². The number of nitrogens with one attached hydrogen (secondary N) is 1. The second-order valence-corrected chi connectivity index (χ2v) is 4.67. The first-order chi connectivity index (χ1) is 9.28. The zero-order valence-corrected chi connectivity index (χ0v) is 10.4. The standard InChI is InChI=1S/C12H12F5NO2/c1-5-12(19,2-3-20-5)4-18-11-9(16)7(14)6(13)8(15)10(11)17/h5,18-19H,2-4H2,1H3. The Hall–Kier alpha value is -1.41. The molecule has 1 aromatic carbocycles. The smallest absolute Gasteiger partial charge is 0.200 e. The van der Waals surface area contributed by atoms with Crippen LogP contribution < -0.4 is 5.32 Å².